The predicted molar refractivity (Wildman–Crippen MR) is 86.8 cm³/mol. The Morgan fingerprint density at radius 1 is 1.43 bits per heavy atom. The summed E-state index contributed by atoms with van der Waals surface area (Å²) in [6.45, 7) is 5.87. The van der Waals surface area contributed by atoms with Gasteiger partial charge in [0.05, 0.1) is 10.6 Å². The van der Waals surface area contributed by atoms with E-state index in [-0.39, 0.29) is 11.2 Å². The van der Waals surface area contributed by atoms with E-state index in [0.29, 0.717) is 11.8 Å². The van der Waals surface area contributed by atoms with Gasteiger partial charge in [-0.05, 0) is 24.3 Å². The minimum atomic E-state index is -0.298. The van der Waals surface area contributed by atoms with Gasteiger partial charge in [0.1, 0.15) is 5.78 Å². The Bertz CT molecular complexity index is 636. The molecule has 0 unspecified atom stereocenters. The number of nitrogens with zero attached hydrogens (tertiary/aromatic N) is 3. The molecule has 21 heavy (non-hydrogen) atoms. The van der Waals surface area contributed by atoms with E-state index in [1.807, 2.05) is 26.8 Å². The average Bonchev–Trinajstić information content (AvgIpc) is 2.96. The van der Waals surface area contributed by atoms with Gasteiger partial charge in [0.2, 0.25) is 0 Å². The highest BCUT2D eigenvalue weighted by Crippen LogP contribution is 2.41. The van der Waals surface area contributed by atoms with Crippen molar-refractivity contribution in [3.05, 3.63) is 17.5 Å². The van der Waals surface area contributed by atoms with Crippen LogP contribution in [0.15, 0.2) is 22.7 Å². The molecule has 3 rings (SSSR count). The summed E-state index contributed by atoms with van der Waals surface area (Å²) in [5.74, 6) is 1.65. The lowest BCUT2D eigenvalue weighted by Crippen LogP contribution is -2.22. The second-order valence-corrected chi connectivity index (χ2v) is 8.24. The zero-order valence-corrected chi connectivity index (χ0v) is 14.1. The van der Waals surface area contributed by atoms with Crippen molar-refractivity contribution in [3.63, 3.8) is 0 Å². The number of hydrogen-bond acceptors (Lipinski definition) is 5. The molecule has 112 valence electrons. The molecule has 4 nitrogen and oxygen atoms in total. The Morgan fingerprint density at radius 2 is 2.19 bits per heavy atom. The monoisotopic (exact) mass is 321 g/mol. The van der Waals surface area contributed by atoms with Gasteiger partial charge in [-0.15, -0.1) is 21.5 Å². The average molecular weight is 321 g/mol. The summed E-state index contributed by atoms with van der Waals surface area (Å²) >= 11 is 3.19. The lowest BCUT2D eigenvalue weighted by atomic mass is 9.92. The summed E-state index contributed by atoms with van der Waals surface area (Å²) in [5, 5.41) is 11.6. The van der Waals surface area contributed by atoms with Crippen LogP contribution in [-0.4, -0.2) is 26.3 Å². The maximum Gasteiger partial charge on any atom is 0.192 e. The molecule has 1 fully saturated rings. The molecule has 2 heterocycles. The van der Waals surface area contributed by atoms with Gasteiger partial charge >= 0.3 is 0 Å². The molecule has 1 aliphatic rings. The van der Waals surface area contributed by atoms with Crippen LogP contribution in [0, 0.1) is 5.41 Å². The molecule has 0 aliphatic heterocycles. The standard InChI is InChI=1S/C15H19N3OS2/c1-15(2,3)12(19)9-21-14-17-16-13(11-5-4-8-20-11)18(14)10-6-7-10/h4-5,8,10H,6-7,9H2,1-3H3. The quantitative estimate of drug-likeness (QED) is 0.780. The van der Waals surface area contributed by atoms with Crippen LogP contribution in [0.3, 0.4) is 0 Å². The summed E-state index contributed by atoms with van der Waals surface area (Å²) < 4.78 is 2.21. The van der Waals surface area contributed by atoms with Gasteiger partial charge in [0.25, 0.3) is 0 Å². The molecule has 0 amide bonds. The van der Waals surface area contributed by atoms with Gasteiger partial charge in [-0.1, -0.05) is 38.6 Å². The highest BCUT2D eigenvalue weighted by Gasteiger charge is 2.31. The van der Waals surface area contributed by atoms with Crippen LogP contribution in [0.25, 0.3) is 10.7 Å². The third-order valence-electron chi connectivity index (χ3n) is 3.49. The number of thioether (sulfide) groups is 1. The lowest BCUT2D eigenvalue weighted by molar-refractivity contribution is -0.123. The van der Waals surface area contributed by atoms with E-state index < -0.39 is 0 Å². The summed E-state index contributed by atoms with van der Waals surface area (Å²) in [6, 6.07) is 4.61. The number of rotatable bonds is 5. The van der Waals surface area contributed by atoms with E-state index in [1.165, 1.54) is 24.6 Å². The summed E-state index contributed by atoms with van der Waals surface area (Å²) in [4.78, 5) is 13.2. The Kier molecular flexibility index (Phi) is 3.92. The fourth-order valence-electron chi connectivity index (χ4n) is 1.96. The number of aromatic nitrogens is 3. The predicted octanol–water partition coefficient (Wildman–Crippen LogP) is 4.05. The number of carbonyl (C=O) groups is 1. The molecule has 0 saturated heterocycles. The molecule has 1 saturated carbocycles. The van der Waals surface area contributed by atoms with Crippen molar-refractivity contribution < 1.29 is 4.79 Å². The number of hydrogen-bond donors (Lipinski definition) is 0. The highest BCUT2D eigenvalue weighted by atomic mass is 32.2. The van der Waals surface area contributed by atoms with Crippen LogP contribution < -0.4 is 0 Å². The Labute approximate surface area is 133 Å². The first-order valence-corrected chi connectivity index (χ1v) is 8.98. The third-order valence-corrected chi connectivity index (χ3v) is 5.30. The summed E-state index contributed by atoms with van der Waals surface area (Å²) in [6.07, 6.45) is 2.36. The summed E-state index contributed by atoms with van der Waals surface area (Å²) in [7, 11) is 0. The number of thiophene rings is 1. The van der Waals surface area contributed by atoms with Gasteiger partial charge in [0, 0.05) is 11.5 Å². The fourth-order valence-corrected chi connectivity index (χ4v) is 3.83. The van der Waals surface area contributed by atoms with Gasteiger partial charge in [-0.2, -0.15) is 0 Å². The largest absolute Gasteiger partial charge is 0.298 e. The third kappa shape index (κ3) is 3.21. The van der Waals surface area contributed by atoms with E-state index >= 15 is 0 Å². The molecule has 0 bridgehead atoms. The zero-order valence-electron chi connectivity index (χ0n) is 12.5. The minimum Gasteiger partial charge on any atom is -0.298 e. The van der Waals surface area contributed by atoms with E-state index in [2.05, 4.69) is 26.2 Å². The zero-order chi connectivity index (χ0) is 15.0. The van der Waals surface area contributed by atoms with Crippen molar-refractivity contribution in [1.29, 1.82) is 0 Å². The second kappa shape index (κ2) is 5.57. The molecule has 0 radical (unpaired) electrons. The molecule has 2 aromatic heterocycles. The first kappa shape index (κ1) is 14.8. The smallest absolute Gasteiger partial charge is 0.192 e. The molecule has 0 aromatic carbocycles. The van der Waals surface area contributed by atoms with Crippen LogP contribution in [0.2, 0.25) is 0 Å². The van der Waals surface area contributed by atoms with E-state index in [0.717, 1.165) is 15.9 Å². The molecule has 1 aliphatic carbocycles. The molecule has 2 aromatic rings. The van der Waals surface area contributed by atoms with Crippen molar-refractivity contribution in [2.45, 2.75) is 44.8 Å². The van der Waals surface area contributed by atoms with Crippen LogP contribution in [0.1, 0.15) is 39.7 Å². The Balaban J connectivity index is 1.82. The van der Waals surface area contributed by atoms with Crippen molar-refractivity contribution in [3.8, 4) is 10.7 Å². The molecule has 0 N–H and O–H groups in total. The van der Waals surface area contributed by atoms with E-state index in [9.17, 15) is 4.79 Å². The van der Waals surface area contributed by atoms with Crippen molar-refractivity contribution in [1.82, 2.24) is 14.8 Å². The molecule has 0 spiro atoms. The number of carbonyl (C=O) groups excluding carboxylic acids is 1. The van der Waals surface area contributed by atoms with Crippen LogP contribution >= 0.6 is 23.1 Å². The van der Waals surface area contributed by atoms with Crippen molar-refractivity contribution in [2.24, 2.45) is 5.41 Å². The minimum absolute atomic E-state index is 0.246. The van der Waals surface area contributed by atoms with E-state index in [4.69, 9.17) is 0 Å². The van der Waals surface area contributed by atoms with Gasteiger partial charge in [0.15, 0.2) is 11.0 Å². The first-order chi connectivity index (χ1) is 9.97. The van der Waals surface area contributed by atoms with Gasteiger partial charge < -0.3 is 0 Å². The topological polar surface area (TPSA) is 47.8 Å². The van der Waals surface area contributed by atoms with Crippen molar-refractivity contribution >= 4 is 28.9 Å². The lowest BCUT2D eigenvalue weighted by Gasteiger charge is -2.16. The first-order valence-electron chi connectivity index (χ1n) is 7.11. The van der Waals surface area contributed by atoms with E-state index in [1.54, 1.807) is 11.3 Å². The fraction of sp³-hybridized carbons (Fsp3) is 0.533. The SMILES string of the molecule is CC(C)(C)C(=O)CSc1nnc(-c2cccs2)n1C1CC1. The van der Waals surface area contributed by atoms with Gasteiger partial charge in [-0.25, -0.2) is 0 Å². The second-order valence-electron chi connectivity index (χ2n) is 6.35. The van der Waals surface area contributed by atoms with Crippen molar-refractivity contribution in [2.75, 3.05) is 5.75 Å². The van der Waals surface area contributed by atoms with Crippen LogP contribution in [0.5, 0.6) is 0 Å². The maximum atomic E-state index is 12.1. The maximum absolute atomic E-state index is 12.1. The van der Waals surface area contributed by atoms with Gasteiger partial charge in [-0.3, -0.25) is 9.36 Å². The number of Topliss-reactive ketones (excluding diaryl/α,β-unsaturated/α-hetero) is 1. The highest BCUT2D eigenvalue weighted by molar-refractivity contribution is 7.99. The summed E-state index contributed by atoms with van der Waals surface area (Å²) in [5.41, 5.74) is -0.298. The van der Waals surface area contributed by atoms with Crippen LogP contribution in [0.4, 0.5) is 0 Å². The normalized spacial score (nSPS) is 15.4. The molecular weight excluding hydrogens is 302 g/mol. The Morgan fingerprint density at radius 3 is 2.76 bits per heavy atom. The molecule has 6 heteroatoms. The van der Waals surface area contributed by atoms with Crippen LogP contribution in [-0.2, 0) is 4.79 Å². The molecular formula is C15H19N3OS2. The Hall–Kier alpha value is -1.14. The molecule has 0 atom stereocenters. The number of ketones is 1.